The van der Waals surface area contributed by atoms with Crippen molar-refractivity contribution in [2.75, 3.05) is 13.1 Å². The van der Waals surface area contributed by atoms with E-state index in [0.29, 0.717) is 25.8 Å². The molecule has 1 atom stereocenters. The highest BCUT2D eigenvalue weighted by Crippen LogP contribution is 2.19. The van der Waals surface area contributed by atoms with E-state index in [2.05, 4.69) is 20.1 Å². The summed E-state index contributed by atoms with van der Waals surface area (Å²) in [5, 5.41) is 23.9. The van der Waals surface area contributed by atoms with Gasteiger partial charge in [0.05, 0.1) is 0 Å². The number of hydrogen-bond acceptors (Lipinski definition) is 6. The van der Waals surface area contributed by atoms with Crippen LogP contribution in [-0.2, 0) is 19.2 Å². The number of rotatable bonds is 13. The minimum absolute atomic E-state index is 0.0847. The molecular formula is C16H25N7O6. The van der Waals surface area contributed by atoms with Gasteiger partial charge in [-0.25, -0.2) is 4.79 Å². The van der Waals surface area contributed by atoms with Crippen LogP contribution in [0, 0.1) is 0 Å². The molecule has 1 unspecified atom stereocenters. The molecule has 1 saturated heterocycles. The molecule has 0 aromatic carbocycles. The Morgan fingerprint density at radius 3 is 1.90 bits per heavy atom. The van der Waals surface area contributed by atoms with Gasteiger partial charge in [-0.2, -0.15) is 0 Å². The van der Waals surface area contributed by atoms with E-state index in [9.17, 15) is 19.2 Å². The van der Waals surface area contributed by atoms with Crippen LogP contribution in [0.15, 0.2) is 10.2 Å². The van der Waals surface area contributed by atoms with Gasteiger partial charge in [-0.15, -0.1) is 0 Å². The smallest absolute Gasteiger partial charge is 0.326 e. The third-order valence-corrected chi connectivity index (χ3v) is 3.95. The van der Waals surface area contributed by atoms with Crippen molar-refractivity contribution in [3.8, 4) is 0 Å². The van der Waals surface area contributed by atoms with Crippen LogP contribution in [0.25, 0.3) is 20.9 Å². The lowest BCUT2D eigenvalue weighted by Crippen LogP contribution is -2.44. The second kappa shape index (κ2) is 15.7. The number of azide groups is 2. The highest BCUT2D eigenvalue weighted by atomic mass is 16.4. The Balaban J connectivity index is 0.000000614. The number of carbonyl (C=O) groups excluding carboxylic acids is 2. The maximum absolute atomic E-state index is 11.4. The number of aliphatic carboxylic acids is 2. The van der Waals surface area contributed by atoms with Gasteiger partial charge in [0, 0.05) is 42.2 Å². The molecule has 13 nitrogen and oxygen atoms in total. The fraction of sp³-hybridized carbons (Fsp3) is 0.750. The molecule has 160 valence electrons. The van der Waals surface area contributed by atoms with E-state index in [4.69, 9.17) is 21.3 Å². The first-order valence-corrected chi connectivity index (χ1v) is 9.16. The van der Waals surface area contributed by atoms with Gasteiger partial charge < -0.3 is 10.2 Å². The van der Waals surface area contributed by atoms with Gasteiger partial charge in [0.15, 0.2) is 0 Å². The Bertz CT molecular complexity index is 651. The molecule has 0 bridgehead atoms. The number of carboxylic acids is 2. The van der Waals surface area contributed by atoms with Gasteiger partial charge in [-0.05, 0) is 36.7 Å². The summed E-state index contributed by atoms with van der Waals surface area (Å²) < 4.78 is 0. The number of unbranched alkanes of at least 4 members (excludes halogenated alkanes) is 3. The van der Waals surface area contributed by atoms with E-state index in [1.165, 1.54) is 0 Å². The molecule has 1 rings (SSSR count). The van der Waals surface area contributed by atoms with Crippen LogP contribution in [0.5, 0.6) is 0 Å². The zero-order valence-electron chi connectivity index (χ0n) is 16.0. The Morgan fingerprint density at radius 1 is 0.931 bits per heavy atom. The molecular weight excluding hydrogens is 386 g/mol. The predicted octanol–water partition coefficient (Wildman–Crippen LogP) is 3.01. The number of hydrogen-bond donors (Lipinski definition) is 2. The summed E-state index contributed by atoms with van der Waals surface area (Å²) in [6.45, 7) is 0.751. The third kappa shape index (κ3) is 11.9. The summed E-state index contributed by atoms with van der Waals surface area (Å²) in [6.07, 6.45) is 3.82. The first-order chi connectivity index (χ1) is 13.8. The number of carbonyl (C=O) groups is 4. The number of likely N-dealkylation sites (tertiary alicyclic amines) is 1. The predicted molar refractivity (Wildman–Crippen MR) is 100 cm³/mol. The summed E-state index contributed by atoms with van der Waals surface area (Å²) in [7, 11) is 0. The quantitative estimate of drug-likeness (QED) is 0.153. The van der Waals surface area contributed by atoms with Crippen molar-refractivity contribution in [1.82, 2.24) is 4.90 Å². The Labute approximate surface area is 166 Å². The van der Waals surface area contributed by atoms with Crippen LogP contribution >= 0.6 is 0 Å². The van der Waals surface area contributed by atoms with E-state index in [1.807, 2.05) is 0 Å². The van der Waals surface area contributed by atoms with Crippen LogP contribution in [0.4, 0.5) is 0 Å². The zero-order valence-corrected chi connectivity index (χ0v) is 16.0. The summed E-state index contributed by atoms with van der Waals surface area (Å²) in [4.78, 5) is 50.0. The maximum Gasteiger partial charge on any atom is 0.326 e. The minimum Gasteiger partial charge on any atom is -0.481 e. The molecule has 13 heteroatoms. The second-order valence-corrected chi connectivity index (χ2v) is 6.12. The molecule has 1 aliphatic heterocycles. The van der Waals surface area contributed by atoms with Crippen LogP contribution in [0.2, 0.25) is 0 Å². The van der Waals surface area contributed by atoms with Crippen LogP contribution in [-0.4, -0.2) is 58.0 Å². The van der Waals surface area contributed by atoms with Gasteiger partial charge in [-0.3, -0.25) is 19.3 Å². The Kier molecular flexibility index (Phi) is 13.9. The Morgan fingerprint density at radius 2 is 1.45 bits per heavy atom. The van der Waals surface area contributed by atoms with Crippen molar-refractivity contribution in [1.29, 1.82) is 0 Å². The lowest BCUT2D eigenvalue weighted by Gasteiger charge is -2.22. The molecule has 0 spiro atoms. The molecule has 0 aromatic rings. The molecule has 0 radical (unpaired) electrons. The molecule has 2 amide bonds. The topological polar surface area (TPSA) is 209 Å². The standard InChI is InChI=1S/C10H14N4O4.C6H11N3O2/c11-13-12-6-2-1-3-7(10(17)18)14-8(15)4-5-9(14)16;7-9-8-5-3-1-2-4-6(10)11/h7H,1-6H2,(H,17,18);1-5H2,(H,10,11). The van der Waals surface area contributed by atoms with Crippen molar-refractivity contribution >= 4 is 23.8 Å². The monoisotopic (exact) mass is 411 g/mol. The summed E-state index contributed by atoms with van der Waals surface area (Å²) in [6, 6.07) is -1.10. The lowest BCUT2D eigenvalue weighted by atomic mass is 10.1. The fourth-order valence-electron chi connectivity index (χ4n) is 2.55. The normalized spacial score (nSPS) is 13.6. The van der Waals surface area contributed by atoms with Crippen LogP contribution in [0.3, 0.4) is 0 Å². The van der Waals surface area contributed by atoms with E-state index < -0.39 is 29.8 Å². The number of carboxylic acid groups (broad SMARTS) is 2. The Hall–Kier alpha value is -3.30. The molecule has 1 fully saturated rings. The lowest BCUT2D eigenvalue weighted by molar-refractivity contribution is -0.154. The molecule has 2 N–H and O–H groups in total. The summed E-state index contributed by atoms with van der Waals surface area (Å²) >= 11 is 0. The van der Waals surface area contributed by atoms with Crippen molar-refractivity contribution in [2.24, 2.45) is 10.2 Å². The molecule has 29 heavy (non-hydrogen) atoms. The molecule has 0 aromatic heterocycles. The van der Waals surface area contributed by atoms with Gasteiger partial charge in [-0.1, -0.05) is 23.1 Å². The van der Waals surface area contributed by atoms with E-state index in [-0.39, 0.29) is 32.2 Å². The fourth-order valence-corrected chi connectivity index (χ4v) is 2.55. The average molecular weight is 411 g/mol. The molecule has 1 heterocycles. The van der Waals surface area contributed by atoms with Crippen LogP contribution in [0.1, 0.15) is 57.8 Å². The number of amides is 2. The molecule has 1 aliphatic rings. The van der Waals surface area contributed by atoms with E-state index >= 15 is 0 Å². The maximum atomic E-state index is 11.4. The minimum atomic E-state index is -1.18. The molecule has 0 aliphatic carbocycles. The first kappa shape index (κ1) is 25.7. The molecule has 0 saturated carbocycles. The van der Waals surface area contributed by atoms with E-state index in [1.54, 1.807) is 0 Å². The SMILES string of the molecule is [N-]=[N+]=NCCCCC(C(=O)O)N1C(=O)CCC1=O.[N-]=[N+]=NCCCCCC(=O)O. The first-order valence-electron chi connectivity index (χ1n) is 9.16. The van der Waals surface area contributed by atoms with Crippen molar-refractivity contribution in [3.05, 3.63) is 20.9 Å². The number of nitrogens with zero attached hydrogens (tertiary/aromatic N) is 7. The van der Waals surface area contributed by atoms with Gasteiger partial charge in [0.1, 0.15) is 6.04 Å². The van der Waals surface area contributed by atoms with Crippen molar-refractivity contribution < 1.29 is 29.4 Å². The van der Waals surface area contributed by atoms with Crippen molar-refractivity contribution in [3.63, 3.8) is 0 Å². The second-order valence-electron chi connectivity index (χ2n) is 6.12. The highest BCUT2D eigenvalue weighted by molar-refractivity contribution is 6.04. The summed E-state index contributed by atoms with van der Waals surface area (Å²) in [5.41, 5.74) is 15.9. The average Bonchev–Trinajstić information content (AvgIpc) is 2.99. The third-order valence-electron chi connectivity index (χ3n) is 3.95. The van der Waals surface area contributed by atoms with Crippen LogP contribution < -0.4 is 0 Å². The largest absolute Gasteiger partial charge is 0.481 e. The zero-order chi connectivity index (χ0) is 22.1. The van der Waals surface area contributed by atoms with E-state index in [0.717, 1.165) is 17.7 Å². The van der Waals surface area contributed by atoms with Gasteiger partial charge in [0.25, 0.3) is 0 Å². The highest BCUT2D eigenvalue weighted by Gasteiger charge is 2.38. The van der Waals surface area contributed by atoms with Gasteiger partial charge in [0.2, 0.25) is 11.8 Å². The van der Waals surface area contributed by atoms with Crippen molar-refractivity contribution in [2.45, 2.75) is 63.8 Å². The summed E-state index contributed by atoms with van der Waals surface area (Å²) in [5.74, 6) is -2.80. The van der Waals surface area contributed by atoms with Gasteiger partial charge >= 0.3 is 11.9 Å². The number of imide groups is 1.